The number of piperidine rings is 1. The van der Waals surface area contributed by atoms with Gasteiger partial charge in [0, 0.05) is 13.1 Å². The largest absolute Gasteiger partial charge is 0.471 e. The third-order valence-corrected chi connectivity index (χ3v) is 4.94. The highest BCUT2D eigenvalue weighted by Crippen LogP contribution is 2.45. The van der Waals surface area contributed by atoms with E-state index in [0.717, 1.165) is 24.2 Å². The third-order valence-electron chi connectivity index (χ3n) is 4.94. The zero-order valence-corrected chi connectivity index (χ0v) is 11.7. The number of hydrogen-bond acceptors (Lipinski definition) is 1. The van der Waals surface area contributed by atoms with Crippen molar-refractivity contribution in [2.75, 3.05) is 13.1 Å². The highest BCUT2D eigenvalue weighted by molar-refractivity contribution is 5.82. The number of nitrogens with zero attached hydrogens (tertiary/aromatic N) is 1. The molecular formula is C16H18F3NO. The van der Waals surface area contributed by atoms with E-state index in [0.29, 0.717) is 12.8 Å². The zero-order chi connectivity index (χ0) is 15.1. The molecule has 0 bridgehead atoms. The van der Waals surface area contributed by atoms with Crippen LogP contribution in [0.15, 0.2) is 24.3 Å². The van der Waals surface area contributed by atoms with Gasteiger partial charge in [-0.1, -0.05) is 24.3 Å². The van der Waals surface area contributed by atoms with Gasteiger partial charge < -0.3 is 4.90 Å². The summed E-state index contributed by atoms with van der Waals surface area (Å²) in [4.78, 5) is 12.3. The fraction of sp³-hybridized carbons (Fsp3) is 0.562. The molecule has 2 aliphatic rings. The van der Waals surface area contributed by atoms with E-state index in [-0.39, 0.29) is 18.5 Å². The van der Waals surface area contributed by atoms with Crippen LogP contribution in [-0.4, -0.2) is 30.1 Å². The molecule has 1 saturated heterocycles. The number of likely N-dealkylation sites (tertiary alicyclic amines) is 1. The first-order valence-corrected chi connectivity index (χ1v) is 7.37. The highest BCUT2D eigenvalue weighted by Gasteiger charge is 2.46. The molecule has 1 aliphatic heterocycles. The summed E-state index contributed by atoms with van der Waals surface area (Å²) in [6, 6.07) is 8.23. The van der Waals surface area contributed by atoms with Crippen molar-refractivity contribution < 1.29 is 18.0 Å². The van der Waals surface area contributed by atoms with Crippen molar-refractivity contribution in [3.8, 4) is 0 Å². The van der Waals surface area contributed by atoms with Gasteiger partial charge in [-0.25, -0.2) is 0 Å². The van der Waals surface area contributed by atoms with E-state index in [9.17, 15) is 18.0 Å². The summed E-state index contributed by atoms with van der Waals surface area (Å²) in [7, 11) is 0. The topological polar surface area (TPSA) is 20.3 Å². The van der Waals surface area contributed by atoms with Crippen molar-refractivity contribution in [2.24, 2.45) is 0 Å². The highest BCUT2D eigenvalue weighted by atomic mass is 19.4. The maximum atomic E-state index is 12.5. The van der Waals surface area contributed by atoms with Gasteiger partial charge in [0.25, 0.3) is 0 Å². The Hall–Kier alpha value is -1.52. The molecule has 21 heavy (non-hydrogen) atoms. The van der Waals surface area contributed by atoms with Crippen molar-refractivity contribution in [3.05, 3.63) is 35.4 Å². The molecule has 1 spiro atoms. The maximum absolute atomic E-state index is 12.5. The van der Waals surface area contributed by atoms with Gasteiger partial charge in [-0.2, -0.15) is 13.2 Å². The van der Waals surface area contributed by atoms with Crippen molar-refractivity contribution in [1.82, 2.24) is 4.90 Å². The fourth-order valence-corrected chi connectivity index (χ4v) is 3.84. The average Bonchev–Trinajstić information content (AvgIpc) is 2.47. The van der Waals surface area contributed by atoms with E-state index in [1.165, 1.54) is 11.1 Å². The Kier molecular flexibility index (Phi) is 3.46. The van der Waals surface area contributed by atoms with Crippen molar-refractivity contribution in [2.45, 2.75) is 43.7 Å². The Bertz CT molecular complexity index is 545. The van der Waals surface area contributed by atoms with Gasteiger partial charge in [-0.3, -0.25) is 4.79 Å². The lowest BCUT2D eigenvalue weighted by Gasteiger charge is -2.45. The van der Waals surface area contributed by atoms with Crippen LogP contribution >= 0.6 is 0 Å². The lowest BCUT2D eigenvalue weighted by Crippen LogP contribution is -2.50. The molecule has 1 aromatic carbocycles. The Morgan fingerprint density at radius 2 is 1.76 bits per heavy atom. The Labute approximate surface area is 121 Å². The Morgan fingerprint density at radius 1 is 1.10 bits per heavy atom. The van der Waals surface area contributed by atoms with Gasteiger partial charge in [0.1, 0.15) is 0 Å². The molecule has 0 unspecified atom stereocenters. The average molecular weight is 297 g/mol. The summed E-state index contributed by atoms with van der Waals surface area (Å²) < 4.78 is 37.5. The second-order valence-corrected chi connectivity index (χ2v) is 6.08. The van der Waals surface area contributed by atoms with E-state index in [1.54, 1.807) is 0 Å². The predicted octanol–water partition coefficient (Wildman–Crippen LogP) is 3.45. The molecule has 0 radical (unpaired) electrons. The molecule has 1 amide bonds. The summed E-state index contributed by atoms with van der Waals surface area (Å²) in [5.41, 5.74) is 2.58. The van der Waals surface area contributed by atoms with Gasteiger partial charge in [-0.15, -0.1) is 0 Å². The standard InChI is InChI=1S/C16H18F3NO/c17-16(18,19)14(21)20-10-8-15(9-11-20)7-3-5-12-4-1-2-6-13(12)15/h1-2,4,6H,3,5,7-11H2. The van der Waals surface area contributed by atoms with Crippen LogP contribution in [0, 0.1) is 0 Å². The van der Waals surface area contributed by atoms with Crippen molar-refractivity contribution >= 4 is 5.91 Å². The molecule has 114 valence electrons. The predicted molar refractivity (Wildman–Crippen MR) is 72.9 cm³/mol. The lowest BCUT2D eigenvalue weighted by molar-refractivity contribution is -0.187. The molecule has 0 N–H and O–H groups in total. The van der Waals surface area contributed by atoms with Gasteiger partial charge in [-0.05, 0) is 48.6 Å². The fourth-order valence-electron chi connectivity index (χ4n) is 3.84. The van der Waals surface area contributed by atoms with Crippen LogP contribution in [0.3, 0.4) is 0 Å². The smallest absolute Gasteiger partial charge is 0.335 e. The van der Waals surface area contributed by atoms with E-state index in [4.69, 9.17) is 0 Å². The molecule has 1 aromatic rings. The van der Waals surface area contributed by atoms with Crippen molar-refractivity contribution in [1.29, 1.82) is 0 Å². The Balaban J connectivity index is 1.79. The van der Waals surface area contributed by atoms with Gasteiger partial charge in [0.2, 0.25) is 0 Å². The van der Waals surface area contributed by atoms with Gasteiger partial charge >= 0.3 is 12.1 Å². The van der Waals surface area contributed by atoms with E-state index in [2.05, 4.69) is 12.1 Å². The van der Waals surface area contributed by atoms with E-state index < -0.39 is 12.1 Å². The molecule has 0 aromatic heterocycles. The normalized spacial score (nSPS) is 21.2. The molecule has 0 atom stereocenters. The molecular weight excluding hydrogens is 279 g/mol. The first-order valence-electron chi connectivity index (χ1n) is 7.37. The minimum atomic E-state index is -4.75. The Morgan fingerprint density at radius 3 is 2.43 bits per heavy atom. The molecule has 1 heterocycles. The number of halogens is 3. The van der Waals surface area contributed by atoms with Crippen LogP contribution < -0.4 is 0 Å². The summed E-state index contributed by atoms with van der Waals surface area (Å²) in [6.45, 7) is 0.402. The summed E-state index contributed by atoms with van der Waals surface area (Å²) >= 11 is 0. The van der Waals surface area contributed by atoms with Gasteiger partial charge in [0.15, 0.2) is 0 Å². The molecule has 1 aliphatic carbocycles. The quantitative estimate of drug-likeness (QED) is 0.718. The number of carbonyl (C=O) groups excluding carboxylic acids is 1. The number of aryl methyl sites for hydroxylation is 1. The number of hydrogen-bond donors (Lipinski definition) is 0. The molecule has 5 heteroatoms. The second-order valence-electron chi connectivity index (χ2n) is 6.08. The molecule has 3 rings (SSSR count). The first kappa shape index (κ1) is 14.4. The van der Waals surface area contributed by atoms with Crippen LogP contribution in [0.4, 0.5) is 13.2 Å². The van der Waals surface area contributed by atoms with Gasteiger partial charge in [0.05, 0.1) is 0 Å². The summed E-state index contributed by atoms with van der Waals surface area (Å²) in [6.07, 6.45) is -0.363. The first-order chi connectivity index (χ1) is 9.92. The van der Waals surface area contributed by atoms with Crippen molar-refractivity contribution in [3.63, 3.8) is 0 Å². The number of benzene rings is 1. The summed E-state index contributed by atoms with van der Waals surface area (Å²) in [5.74, 6) is -1.69. The molecule has 0 saturated carbocycles. The van der Waals surface area contributed by atoms with Crippen LogP contribution in [0.1, 0.15) is 36.8 Å². The summed E-state index contributed by atoms with van der Waals surface area (Å²) in [5, 5.41) is 0. The van der Waals surface area contributed by atoms with E-state index >= 15 is 0 Å². The minimum absolute atomic E-state index is 0.0305. The number of rotatable bonds is 0. The third kappa shape index (κ3) is 2.54. The molecule has 2 nitrogen and oxygen atoms in total. The lowest BCUT2D eigenvalue weighted by atomic mass is 9.65. The van der Waals surface area contributed by atoms with E-state index in [1.807, 2.05) is 12.1 Å². The number of carbonyl (C=O) groups is 1. The number of alkyl halides is 3. The second kappa shape index (κ2) is 5.04. The maximum Gasteiger partial charge on any atom is 0.471 e. The monoisotopic (exact) mass is 297 g/mol. The minimum Gasteiger partial charge on any atom is -0.335 e. The molecule has 1 fully saturated rings. The van der Waals surface area contributed by atoms with Crippen LogP contribution in [0.25, 0.3) is 0 Å². The SMILES string of the molecule is O=C(N1CCC2(CCCc3ccccc32)CC1)C(F)(F)F. The van der Waals surface area contributed by atoms with Crippen LogP contribution in [0.5, 0.6) is 0 Å². The number of fused-ring (bicyclic) bond motifs is 2. The zero-order valence-electron chi connectivity index (χ0n) is 11.7. The number of amides is 1. The van der Waals surface area contributed by atoms with Crippen LogP contribution in [0.2, 0.25) is 0 Å². The van der Waals surface area contributed by atoms with Crippen LogP contribution in [-0.2, 0) is 16.6 Å².